The van der Waals surface area contributed by atoms with Crippen molar-refractivity contribution >= 4 is 11.6 Å². The number of nitrogens with one attached hydrogen (secondary N) is 1. The summed E-state index contributed by atoms with van der Waals surface area (Å²) >= 11 is 0. The van der Waals surface area contributed by atoms with Gasteiger partial charge in [-0.25, -0.2) is 13.8 Å². The minimum Gasteiger partial charge on any atom is -0.326 e. The molecule has 0 spiro atoms. The van der Waals surface area contributed by atoms with E-state index >= 15 is 0 Å². The number of anilines is 1. The number of carbonyl (C=O) groups excluding carboxylic acids is 1. The molecule has 122 valence electrons. The Morgan fingerprint density at radius 2 is 2.30 bits per heavy atom. The fourth-order valence-electron chi connectivity index (χ4n) is 2.89. The molecule has 0 bridgehead atoms. The third kappa shape index (κ3) is 3.55. The number of aromatic nitrogens is 3. The number of alkyl halides is 2. The summed E-state index contributed by atoms with van der Waals surface area (Å²) in [5, 5.41) is 6.89. The maximum absolute atomic E-state index is 13.6. The Hall–Kier alpha value is -2.31. The van der Waals surface area contributed by atoms with Crippen LogP contribution in [0.25, 0.3) is 11.4 Å². The van der Waals surface area contributed by atoms with E-state index in [-0.39, 0.29) is 18.7 Å². The zero-order valence-corrected chi connectivity index (χ0v) is 12.8. The van der Waals surface area contributed by atoms with Crippen molar-refractivity contribution in [1.82, 2.24) is 14.8 Å². The first-order valence-corrected chi connectivity index (χ1v) is 7.58. The van der Waals surface area contributed by atoms with Gasteiger partial charge in [-0.15, -0.1) is 0 Å². The van der Waals surface area contributed by atoms with Gasteiger partial charge in [0, 0.05) is 37.1 Å². The van der Waals surface area contributed by atoms with E-state index in [9.17, 15) is 13.6 Å². The number of amides is 1. The van der Waals surface area contributed by atoms with E-state index < -0.39 is 11.8 Å². The molecular formula is C16H18F2N4O. The number of rotatable bonds is 4. The second-order valence-electron chi connectivity index (χ2n) is 5.93. The largest absolute Gasteiger partial charge is 0.326 e. The first-order valence-electron chi connectivity index (χ1n) is 7.58. The highest BCUT2D eigenvalue weighted by atomic mass is 19.3. The second kappa shape index (κ2) is 6.06. The molecule has 1 aromatic carbocycles. The summed E-state index contributed by atoms with van der Waals surface area (Å²) in [6.45, 7) is 0. The summed E-state index contributed by atoms with van der Waals surface area (Å²) in [7, 11) is 1.77. The maximum atomic E-state index is 13.6. The summed E-state index contributed by atoms with van der Waals surface area (Å²) in [5.74, 6) is -3.42. The second-order valence-corrected chi connectivity index (χ2v) is 5.93. The standard InChI is InChI=1S/C16H18F2N4O/c1-22-10-19-15(21-22)11-4-2-6-13(8-11)20-14(23)9-12-5-3-7-16(12,17)18/h2,4,6,8,10,12H,3,5,7,9H2,1H3,(H,20,23). The van der Waals surface area contributed by atoms with E-state index in [1.54, 1.807) is 36.3 Å². The van der Waals surface area contributed by atoms with Crippen LogP contribution in [0.15, 0.2) is 30.6 Å². The van der Waals surface area contributed by atoms with Crippen LogP contribution in [0, 0.1) is 5.92 Å². The third-order valence-electron chi connectivity index (χ3n) is 4.10. The van der Waals surface area contributed by atoms with Crippen molar-refractivity contribution in [1.29, 1.82) is 0 Å². The van der Waals surface area contributed by atoms with E-state index in [1.807, 2.05) is 6.07 Å². The van der Waals surface area contributed by atoms with E-state index in [1.165, 1.54) is 0 Å². The molecule has 1 saturated carbocycles. The topological polar surface area (TPSA) is 59.8 Å². The molecule has 0 radical (unpaired) electrons. The van der Waals surface area contributed by atoms with Gasteiger partial charge in [-0.3, -0.25) is 9.48 Å². The Labute approximate surface area is 132 Å². The first-order chi connectivity index (χ1) is 10.9. The molecular weight excluding hydrogens is 302 g/mol. The lowest BCUT2D eigenvalue weighted by molar-refractivity contribution is -0.120. The molecule has 1 fully saturated rings. The number of carbonyl (C=O) groups is 1. The Balaban J connectivity index is 1.67. The van der Waals surface area contributed by atoms with Crippen molar-refractivity contribution in [3.8, 4) is 11.4 Å². The van der Waals surface area contributed by atoms with E-state index in [0.29, 0.717) is 24.4 Å². The average Bonchev–Trinajstić information content (AvgIpc) is 3.06. The van der Waals surface area contributed by atoms with E-state index in [0.717, 1.165) is 5.56 Å². The van der Waals surface area contributed by atoms with Crippen molar-refractivity contribution in [2.45, 2.75) is 31.6 Å². The zero-order chi connectivity index (χ0) is 16.4. The lowest BCUT2D eigenvalue weighted by atomic mass is 10.0. The Morgan fingerprint density at radius 3 is 2.96 bits per heavy atom. The van der Waals surface area contributed by atoms with Gasteiger partial charge in [0.1, 0.15) is 6.33 Å². The number of hydrogen-bond donors (Lipinski definition) is 1. The van der Waals surface area contributed by atoms with Crippen molar-refractivity contribution in [3.05, 3.63) is 30.6 Å². The number of halogens is 2. The number of nitrogens with zero attached hydrogens (tertiary/aromatic N) is 3. The zero-order valence-electron chi connectivity index (χ0n) is 12.8. The predicted octanol–water partition coefficient (Wildman–Crippen LogP) is 3.25. The van der Waals surface area contributed by atoms with Crippen molar-refractivity contribution in [2.75, 3.05) is 5.32 Å². The smallest absolute Gasteiger partial charge is 0.251 e. The molecule has 3 rings (SSSR count). The monoisotopic (exact) mass is 320 g/mol. The first kappa shape index (κ1) is 15.6. The van der Waals surface area contributed by atoms with Gasteiger partial charge >= 0.3 is 0 Å². The third-order valence-corrected chi connectivity index (χ3v) is 4.10. The molecule has 1 aliphatic rings. The molecule has 1 unspecified atom stereocenters. The molecule has 1 atom stereocenters. The van der Waals surface area contributed by atoms with Crippen LogP contribution in [0.3, 0.4) is 0 Å². The number of hydrogen-bond acceptors (Lipinski definition) is 3. The lowest BCUT2D eigenvalue weighted by Gasteiger charge is -2.18. The van der Waals surface area contributed by atoms with Crippen LogP contribution in [0.5, 0.6) is 0 Å². The summed E-state index contributed by atoms with van der Waals surface area (Å²) in [5.41, 5.74) is 1.32. The van der Waals surface area contributed by atoms with Gasteiger partial charge < -0.3 is 5.32 Å². The van der Waals surface area contributed by atoms with Crippen molar-refractivity contribution in [2.24, 2.45) is 13.0 Å². The molecule has 1 N–H and O–H groups in total. The van der Waals surface area contributed by atoms with Crippen LogP contribution in [0.1, 0.15) is 25.7 Å². The van der Waals surface area contributed by atoms with Gasteiger partial charge in [-0.2, -0.15) is 5.10 Å². The van der Waals surface area contributed by atoms with Gasteiger partial charge in [0.25, 0.3) is 5.92 Å². The van der Waals surface area contributed by atoms with Crippen LogP contribution in [-0.2, 0) is 11.8 Å². The Bertz CT molecular complexity index is 714. The normalized spacial score (nSPS) is 19.7. The van der Waals surface area contributed by atoms with Gasteiger partial charge in [0.2, 0.25) is 5.91 Å². The number of benzene rings is 1. The highest BCUT2D eigenvalue weighted by Gasteiger charge is 2.44. The van der Waals surface area contributed by atoms with Crippen LogP contribution >= 0.6 is 0 Å². The van der Waals surface area contributed by atoms with Crippen LogP contribution in [0.4, 0.5) is 14.5 Å². The Kier molecular flexibility index (Phi) is 4.11. The van der Waals surface area contributed by atoms with Gasteiger partial charge in [0.05, 0.1) is 0 Å². The summed E-state index contributed by atoms with van der Waals surface area (Å²) in [6, 6.07) is 7.05. The van der Waals surface area contributed by atoms with Gasteiger partial charge in [-0.1, -0.05) is 12.1 Å². The molecule has 0 saturated heterocycles. The minimum atomic E-state index is -2.73. The van der Waals surface area contributed by atoms with E-state index in [4.69, 9.17) is 0 Å². The number of aryl methyl sites for hydroxylation is 1. The minimum absolute atomic E-state index is 0.119. The van der Waals surface area contributed by atoms with Gasteiger partial charge in [-0.05, 0) is 25.0 Å². The summed E-state index contributed by atoms with van der Waals surface area (Å²) < 4.78 is 28.8. The fourth-order valence-corrected chi connectivity index (χ4v) is 2.89. The van der Waals surface area contributed by atoms with Crippen LogP contribution < -0.4 is 5.32 Å². The molecule has 1 amide bonds. The van der Waals surface area contributed by atoms with Crippen molar-refractivity contribution < 1.29 is 13.6 Å². The Morgan fingerprint density at radius 1 is 1.48 bits per heavy atom. The van der Waals surface area contributed by atoms with Gasteiger partial charge in [0.15, 0.2) is 5.82 Å². The average molecular weight is 320 g/mol. The lowest BCUT2D eigenvalue weighted by Crippen LogP contribution is -2.26. The molecule has 1 heterocycles. The molecule has 2 aromatic rings. The molecule has 5 nitrogen and oxygen atoms in total. The van der Waals surface area contributed by atoms with Crippen molar-refractivity contribution in [3.63, 3.8) is 0 Å². The fraction of sp³-hybridized carbons (Fsp3) is 0.438. The molecule has 0 aliphatic heterocycles. The molecule has 7 heteroatoms. The molecule has 23 heavy (non-hydrogen) atoms. The molecule has 1 aliphatic carbocycles. The SMILES string of the molecule is Cn1cnc(-c2cccc(NC(=O)CC3CCCC3(F)F)c2)n1. The van der Waals surface area contributed by atoms with Crippen LogP contribution in [0.2, 0.25) is 0 Å². The quantitative estimate of drug-likeness (QED) is 0.941. The highest BCUT2D eigenvalue weighted by Crippen LogP contribution is 2.42. The maximum Gasteiger partial charge on any atom is 0.251 e. The highest BCUT2D eigenvalue weighted by molar-refractivity contribution is 5.91. The predicted molar refractivity (Wildman–Crippen MR) is 82.0 cm³/mol. The van der Waals surface area contributed by atoms with E-state index in [2.05, 4.69) is 15.4 Å². The molecule has 1 aromatic heterocycles. The summed E-state index contributed by atoms with van der Waals surface area (Å²) in [6.07, 6.45) is 2.19. The summed E-state index contributed by atoms with van der Waals surface area (Å²) in [4.78, 5) is 16.2. The van der Waals surface area contributed by atoms with Crippen LogP contribution in [-0.4, -0.2) is 26.6 Å².